The summed E-state index contributed by atoms with van der Waals surface area (Å²) in [6, 6.07) is 15.1. The minimum absolute atomic E-state index is 0.00231. The number of nitrogens with one attached hydrogen (secondary N) is 1. The summed E-state index contributed by atoms with van der Waals surface area (Å²) >= 11 is 0. The average Bonchev–Trinajstić information content (AvgIpc) is 2.77. The Labute approximate surface area is 174 Å². The maximum absolute atomic E-state index is 12.7. The first-order chi connectivity index (χ1) is 14.1. The molecule has 2 fully saturated rings. The molecule has 5 nitrogen and oxygen atoms in total. The SMILES string of the molecule is Cc1cccc(C)c1NC(=O)N1CCN(c2ccc(N3CCCCC3)cc2)CC1. The van der Waals surface area contributed by atoms with Crippen LogP contribution >= 0.6 is 0 Å². The van der Waals surface area contributed by atoms with Gasteiger partial charge in [0, 0.05) is 56.3 Å². The van der Waals surface area contributed by atoms with Gasteiger partial charge in [-0.15, -0.1) is 0 Å². The molecule has 0 aromatic heterocycles. The van der Waals surface area contributed by atoms with Crippen molar-refractivity contribution in [2.24, 2.45) is 0 Å². The Hall–Kier alpha value is -2.69. The molecular weight excluding hydrogens is 360 g/mol. The average molecular weight is 393 g/mol. The highest BCUT2D eigenvalue weighted by atomic mass is 16.2. The van der Waals surface area contributed by atoms with Crippen molar-refractivity contribution in [3.63, 3.8) is 0 Å². The van der Waals surface area contributed by atoms with E-state index in [9.17, 15) is 4.79 Å². The third-order valence-electron chi connectivity index (χ3n) is 6.22. The van der Waals surface area contributed by atoms with Gasteiger partial charge in [0.2, 0.25) is 0 Å². The highest BCUT2D eigenvalue weighted by Crippen LogP contribution is 2.25. The summed E-state index contributed by atoms with van der Waals surface area (Å²) in [5.41, 5.74) is 5.73. The predicted octanol–water partition coefficient (Wildman–Crippen LogP) is 4.65. The Bertz CT molecular complexity index is 814. The van der Waals surface area contributed by atoms with E-state index in [0.717, 1.165) is 43.0 Å². The lowest BCUT2D eigenvalue weighted by Gasteiger charge is -2.36. The summed E-state index contributed by atoms with van der Waals surface area (Å²) in [4.78, 5) is 19.5. The highest BCUT2D eigenvalue weighted by molar-refractivity contribution is 5.91. The number of amides is 2. The first kappa shape index (κ1) is 19.6. The molecule has 4 rings (SSSR count). The van der Waals surface area contributed by atoms with Crippen molar-refractivity contribution >= 4 is 23.1 Å². The first-order valence-electron chi connectivity index (χ1n) is 10.8. The largest absolute Gasteiger partial charge is 0.372 e. The Morgan fingerprint density at radius 2 is 1.24 bits per heavy atom. The molecule has 29 heavy (non-hydrogen) atoms. The molecule has 0 atom stereocenters. The Kier molecular flexibility index (Phi) is 5.93. The maximum Gasteiger partial charge on any atom is 0.321 e. The van der Waals surface area contributed by atoms with Crippen LogP contribution in [0.1, 0.15) is 30.4 Å². The number of urea groups is 1. The van der Waals surface area contributed by atoms with Gasteiger partial charge in [0.25, 0.3) is 0 Å². The second-order valence-electron chi connectivity index (χ2n) is 8.24. The summed E-state index contributed by atoms with van der Waals surface area (Å²) < 4.78 is 0. The summed E-state index contributed by atoms with van der Waals surface area (Å²) in [7, 11) is 0. The fourth-order valence-corrected chi connectivity index (χ4v) is 4.39. The lowest BCUT2D eigenvalue weighted by Crippen LogP contribution is -2.50. The van der Waals surface area contributed by atoms with Gasteiger partial charge in [-0.2, -0.15) is 0 Å². The van der Waals surface area contributed by atoms with E-state index in [-0.39, 0.29) is 6.03 Å². The number of piperidine rings is 1. The third kappa shape index (κ3) is 4.50. The van der Waals surface area contributed by atoms with E-state index in [4.69, 9.17) is 0 Å². The number of rotatable bonds is 3. The molecule has 2 aliphatic heterocycles. The number of anilines is 3. The zero-order valence-corrected chi connectivity index (χ0v) is 17.7. The number of carbonyl (C=O) groups is 1. The number of benzene rings is 2. The number of para-hydroxylation sites is 1. The molecule has 2 aliphatic rings. The van der Waals surface area contributed by atoms with Crippen molar-refractivity contribution in [3.8, 4) is 0 Å². The van der Waals surface area contributed by atoms with Gasteiger partial charge in [-0.3, -0.25) is 0 Å². The smallest absolute Gasteiger partial charge is 0.321 e. The Balaban J connectivity index is 1.32. The van der Waals surface area contributed by atoms with Crippen molar-refractivity contribution in [2.75, 3.05) is 54.4 Å². The molecule has 5 heteroatoms. The molecule has 0 bridgehead atoms. The lowest BCUT2D eigenvalue weighted by atomic mass is 10.1. The van der Waals surface area contributed by atoms with Crippen molar-refractivity contribution in [3.05, 3.63) is 53.6 Å². The van der Waals surface area contributed by atoms with Crippen LogP contribution in [0.3, 0.4) is 0 Å². The molecule has 2 aromatic rings. The fraction of sp³-hybridized carbons (Fsp3) is 0.458. The molecule has 154 valence electrons. The van der Waals surface area contributed by atoms with Gasteiger partial charge in [0.1, 0.15) is 0 Å². The number of hydrogen-bond acceptors (Lipinski definition) is 3. The molecule has 1 N–H and O–H groups in total. The monoisotopic (exact) mass is 392 g/mol. The molecule has 2 heterocycles. The van der Waals surface area contributed by atoms with Crippen LogP contribution in [-0.2, 0) is 0 Å². The molecule has 0 saturated carbocycles. The zero-order chi connectivity index (χ0) is 20.2. The quantitative estimate of drug-likeness (QED) is 0.826. The maximum atomic E-state index is 12.7. The fourth-order valence-electron chi connectivity index (χ4n) is 4.39. The summed E-state index contributed by atoms with van der Waals surface area (Å²) in [5, 5.41) is 3.11. The van der Waals surface area contributed by atoms with Gasteiger partial charge in [0.05, 0.1) is 0 Å². The molecule has 0 unspecified atom stereocenters. The standard InChI is InChI=1S/C24H32N4O/c1-19-7-6-8-20(2)23(19)25-24(29)28-17-15-27(16-18-28)22-11-9-21(10-12-22)26-13-4-3-5-14-26/h6-12H,3-5,13-18H2,1-2H3,(H,25,29). The summed E-state index contributed by atoms with van der Waals surface area (Å²) in [6.07, 6.45) is 3.96. The van der Waals surface area contributed by atoms with Gasteiger partial charge in [-0.05, 0) is 68.5 Å². The zero-order valence-electron chi connectivity index (χ0n) is 17.7. The van der Waals surface area contributed by atoms with Crippen LogP contribution in [0.15, 0.2) is 42.5 Å². The van der Waals surface area contributed by atoms with E-state index in [2.05, 4.69) is 39.4 Å². The van der Waals surface area contributed by atoms with Crippen molar-refractivity contribution < 1.29 is 4.79 Å². The van der Waals surface area contributed by atoms with E-state index in [0.29, 0.717) is 0 Å². The predicted molar refractivity (Wildman–Crippen MR) is 121 cm³/mol. The van der Waals surface area contributed by atoms with E-state index in [1.54, 1.807) is 0 Å². The second kappa shape index (κ2) is 8.76. The van der Waals surface area contributed by atoms with Crippen LogP contribution in [-0.4, -0.2) is 50.2 Å². The van der Waals surface area contributed by atoms with Crippen LogP contribution in [0.5, 0.6) is 0 Å². The summed E-state index contributed by atoms with van der Waals surface area (Å²) in [6.45, 7) is 9.63. The Morgan fingerprint density at radius 1 is 0.724 bits per heavy atom. The minimum Gasteiger partial charge on any atom is -0.372 e. The molecule has 2 aromatic carbocycles. The molecule has 2 saturated heterocycles. The van der Waals surface area contributed by atoms with Gasteiger partial charge in [-0.25, -0.2) is 4.79 Å². The lowest BCUT2D eigenvalue weighted by molar-refractivity contribution is 0.208. The topological polar surface area (TPSA) is 38.8 Å². The minimum atomic E-state index is 0.00231. The number of piperazine rings is 1. The number of aryl methyl sites for hydroxylation is 2. The van der Waals surface area contributed by atoms with Gasteiger partial charge < -0.3 is 20.0 Å². The molecule has 0 radical (unpaired) electrons. The van der Waals surface area contributed by atoms with Crippen molar-refractivity contribution in [1.29, 1.82) is 0 Å². The van der Waals surface area contributed by atoms with Crippen LogP contribution in [0.4, 0.5) is 21.9 Å². The molecule has 2 amide bonds. The molecular formula is C24H32N4O. The number of hydrogen-bond donors (Lipinski definition) is 1. The van der Waals surface area contributed by atoms with E-state index in [1.807, 2.05) is 36.9 Å². The van der Waals surface area contributed by atoms with Crippen LogP contribution < -0.4 is 15.1 Å². The first-order valence-corrected chi connectivity index (χ1v) is 10.8. The van der Waals surface area contributed by atoms with Crippen LogP contribution in [0.25, 0.3) is 0 Å². The highest BCUT2D eigenvalue weighted by Gasteiger charge is 2.22. The van der Waals surface area contributed by atoms with E-state index in [1.165, 1.54) is 43.7 Å². The van der Waals surface area contributed by atoms with E-state index < -0.39 is 0 Å². The molecule has 0 aliphatic carbocycles. The molecule has 0 spiro atoms. The van der Waals surface area contributed by atoms with Crippen LogP contribution in [0.2, 0.25) is 0 Å². The van der Waals surface area contributed by atoms with Crippen LogP contribution in [0, 0.1) is 13.8 Å². The number of nitrogens with zero attached hydrogens (tertiary/aromatic N) is 3. The number of carbonyl (C=O) groups excluding carboxylic acids is 1. The summed E-state index contributed by atoms with van der Waals surface area (Å²) in [5.74, 6) is 0. The van der Waals surface area contributed by atoms with E-state index >= 15 is 0 Å². The van der Waals surface area contributed by atoms with Gasteiger partial charge in [0.15, 0.2) is 0 Å². The van der Waals surface area contributed by atoms with Gasteiger partial charge in [-0.1, -0.05) is 18.2 Å². The Morgan fingerprint density at radius 3 is 1.79 bits per heavy atom. The normalized spacial score (nSPS) is 17.4. The van der Waals surface area contributed by atoms with Gasteiger partial charge >= 0.3 is 6.03 Å². The second-order valence-corrected chi connectivity index (χ2v) is 8.24. The van der Waals surface area contributed by atoms with Crippen molar-refractivity contribution in [1.82, 2.24) is 4.90 Å². The van der Waals surface area contributed by atoms with Crippen molar-refractivity contribution in [2.45, 2.75) is 33.1 Å². The third-order valence-corrected chi connectivity index (χ3v) is 6.22.